The van der Waals surface area contributed by atoms with E-state index >= 15 is 0 Å². The van der Waals surface area contributed by atoms with Gasteiger partial charge in [0.25, 0.3) is 5.92 Å². The highest BCUT2D eigenvalue weighted by Crippen LogP contribution is 2.40. The topological polar surface area (TPSA) is 104 Å². The van der Waals surface area contributed by atoms with E-state index in [1.807, 2.05) is 0 Å². The molecule has 2 N–H and O–H groups in total. The Kier molecular flexibility index (Phi) is 8.43. The molecule has 1 fully saturated rings. The maximum atomic E-state index is 14.6. The zero-order valence-electron chi connectivity index (χ0n) is 20.6. The molecule has 0 amide bonds. The summed E-state index contributed by atoms with van der Waals surface area (Å²) in [6, 6.07) is 1.92. The first-order chi connectivity index (χ1) is 18.0. The van der Waals surface area contributed by atoms with Crippen molar-refractivity contribution in [3.63, 3.8) is 0 Å². The SMILES string of the molecule is CCOC(=O)C1=C(CN2CC(F)(F)C[C@H]2C(C)CC(=O)O)NC(c2nccs2)=N[C@H]1c1ccc(F)cc1Cl. The van der Waals surface area contributed by atoms with Crippen molar-refractivity contribution in [1.29, 1.82) is 0 Å². The van der Waals surface area contributed by atoms with E-state index < -0.39 is 54.6 Å². The Balaban J connectivity index is 1.82. The van der Waals surface area contributed by atoms with Crippen molar-refractivity contribution < 1.29 is 32.6 Å². The Morgan fingerprint density at radius 3 is 2.79 bits per heavy atom. The molecule has 3 atom stereocenters. The summed E-state index contributed by atoms with van der Waals surface area (Å²) in [5.41, 5.74) is 0.617. The number of aromatic nitrogens is 1. The molecular weight excluding hydrogens is 545 g/mol. The number of nitrogens with one attached hydrogen (secondary N) is 1. The Morgan fingerprint density at radius 1 is 1.39 bits per heavy atom. The molecule has 0 spiro atoms. The summed E-state index contributed by atoms with van der Waals surface area (Å²) in [5, 5.41) is 14.6. The second-order valence-electron chi connectivity index (χ2n) is 9.23. The van der Waals surface area contributed by atoms with Gasteiger partial charge in [-0.3, -0.25) is 14.7 Å². The minimum atomic E-state index is -3.04. The summed E-state index contributed by atoms with van der Waals surface area (Å²) in [6.45, 7) is 2.53. The first kappa shape index (κ1) is 28.1. The van der Waals surface area contributed by atoms with Gasteiger partial charge >= 0.3 is 11.9 Å². The monoisotopic (exact) mass is 570 g/mol. The third-order valence-corrected chi connectivity index (χ3v) is 7.55. The number of carbonyl (C=O) groups excluding carboxylic acids is 1. The van der Waals surface area contributed by atoms with Crippen LogP contribution < -0.4 is 5.32 Å². The van der Waals surface area contributed by atoms with Crippen LogP contribution in [0, 0.1) is 11.7 Å². The van der Waals surface area contributed by atoms with Crippen molar-refractivity contribution in [2.24, 2.45) is 10.9 Å². The first-order valence-corrected chi connectivity index (χ1v) is 13.2. The largest absolute Gasteiger partial charge is 0.481 e. The molecule has 204 valence electrons. The average molecular weight is 571 g/mol. The van der Waals surface area contributed by atoms with Gasteiger partial charge in [-0.25, -0.2) is 22.9 Å². The van der Waals surface area contributed by atoms with Crippen LogP contribution in [0.25, 0.3) is 0 Å². The summed E-state index contributed by atoms with van der Waals surface area (Å²) in [5.74, 6) is -5.72. The summed E-state index contributed by atoms with van der Waals surface area (Å²) >= 11 is 7.64. The predicted molar refractivity (Wildman–Crippen MR) is 136 cm³/mol. The first-order valence-electron chi connectivity index (χ1n) is 11.9. The molecule has 1 unspecified atom stereocenters. The fourth-order valence-corrected chi connectivity index (χ4v) is 5.69. The lowest BCUT2D eigenvalue weighted by Gasteiger charge is -2.33. The number of nitrogens with zero attached hydrogens (tertiary/aromatic N) is 3. The number of thiazole rings is 1. The number of rotatable bonds is 9. The van der Waals surface area contributed by atoms with E-state index in [0.29, 0.717) is 10.6 Å². The van der Waals surface area contributed by atoms with Crippen LogP contribution in [0.4, 0.5) is 13.2 Å². The summed E-state index contributed by atoms with van der Waals surface area (Å²) < 4.78 is 48.4. The zero-order valence-corrected chi connectivity index (χ0v) is 22.2. The molecule has 2 aliphatic heterocycles. The van der Waals surface area contributed by atoms with Gasteiger partial charge < -0.3 is 15.2 Å². The molecule has 2 aromatic rings. The van der Waals surface area contributed by atoms with Crippen molar-refractivity contribution in [1.82, 2.24) is 15.2 Å². The number of ether oxygens (including phenoxy) is 1. The minimum absolute atomic E-state index is 0.0287. The van der Waals surface area contributed by atoms with Crippen molar-refractivity contribution >= 4 is 40.7 Å². The lowest BCUT2D eigenvalue weighted by molar-refractivity contribution is -0.139. The molecule has 0 aliphatic carbocycles. The van der Waals surface area contributed by atoms with Crippen LogP contribution >= 0.6 is 22.9 Å². The van der Waals surface area contributed by atoms with Crippen molar-refractivity contribution in [3.8, 4) is 0 Å². The van der Waals surface area contributed by atoms with Crippen LogP contribution in [0.3, 0.4) is 0 Å². The molecule has 8 nitrogen and oxygen atoms in total. The second-order valence-corrected chi connectivity index (χ2v) is 10.5. The van der Waals surface area contributed by atoms with Gasteiger partial charge in [0.1, 0.15) is 11.9 Å². The lowest BCUT2D eigenvalue weighted by Crippen LogP contribution is -2.43. The van der Waals surface area contributed by atoms with Crippen LogP contribution in [0.1, 0.15) is 43.3 Å². The van der Waals surface area contributed by atoms with E-state index in [2.05, 4.69) is 15.3 Å². The van der Waals surface area contributed by atoms with Gasteiger partial charge in [-0.15, -0.1) is 11.3 Å². The standard InChI is InChI=1S/C25H26ClF3N4O4S/c1-3-37-24(36)20-17(11-33-12-25(28,29)10-18(33)13(2)8-19(34)35)31-22(23-30-6-7-38-23)32-21(20)15-5-4-14(27)9-16(15)26/h4-7,9,13,18,21H,3,8,10-12H2,1-2H3,(H,31,32)(H,34,35)/t13?,18-,21-/m0/s1. The summed E-state index contributed by atoms with van der Waals surface area (Å²) in [6.07, 6.45) is 0.775. The highest BCUT2D eigenvalue weighted by molar-refractivity contribution is 7.11. The van der Waals surface area contributed by atoms with Gasteiger partial charge in [-0.05, 0) is 25.0 Å². The van der Waals surface area contributed by atoms with E-state index in [9.17, 15) is 27.9 Å². The fraction of sp³-hybridized carbons (Fsp3) is 0.440. The zero-order chi connectivity index (χ0) is 27.6. The van der Waals surface area contributed by atoms with Gasteiger partial charge in [0, 0.05) is 53.3 Å². The summed E-state index contributed by atoms with van der Waals surface area (Å²) in [7, 11) is 0. The number of carboxylic acid groups (broad SMARTS) is 1. The number of carbonyl (C=O) groups is 2. The third kappa shape index (κ3) is 6.19. The van der Waals surface area contributed by atoms with E-state index in [1.54, 1.807) is 25.4 Å². The van der Waals surface area contributed by atoms with Gasteiger partial charge in [0.2, 0.25) is 0 Å². The third-order valence-electron chi connectivity index (χ3n) is 6.44. The molecule has 0 bridgehead atoms. The van der Waals surface area contributed by atoms with Crippen LogP contribution in [0.15, 0.2) is 46.0 Å². The number of esters is 1. The van der Waals surface area contributed by atoms with Crippen molar-refractivity contribution in [2.45, 2.75) is 44.7 Å². The Morgan fingerprint density at radius 2 is 2.16 bits per heavy atom. The maximum Gasteiger partial charge on any atom is 0.338 e. The van der Waals surface area contributed by atoms with E-state index in [4.69, 9.17) is 16.3 Å². The highest BCUT2D eigenvalue weighted by atomic mass is 35.5. The molecule has 0 radical (unpaired) electrons. The number of halogens is 4. The molecule has 3 heterocycles. The number of likely N-dealkylation sites (tertiary alicyclic amines) is 1. The Hall–Kier alpha value is -2.96. The molecule has 1 aromatic heterocycles. The van der Waals surface area contributed by atoms with E-state index in [1.165, 1.54) is 28.4 Å². The van der Waals surface area contributed by atoms with Crippen LogP contribution in [-0.2, 0) is 14.3 Å². The van der Waals surface area contributed by atoms with Gasteiger partial charge in [-0.1, -0.05) is 24.6 Å². The number of carboxylic acids is 1. The molecule has 0 saturated carbocycles. The Labute approximate surface area is 226 Å². The molecular formula is C25H26ClF3N4O4S. The maximum absolute atomic E-state index is 14.6. The molecule has 13 heteroatoms. The normalized spacial score (nSPS) is 22.1. The number of benzene rings is 1. The molecule has 38 heavy (non-hydrogen) atoms. The number of aliphatic carboxylic acids is 1. The molecule has 1 saturated heterocycles. The predicted octanol–water partition coefficient (Wildman–Crippen LogP) is 4.66. The van der Waals surface area contributed by atoms with Gasteiger partial charge in [0.15, 0.2) is 10.8 Å². The van der Waals surface area contributed by atoms with Crippen LogP contribution in [-0.4, -0.2) is 64.4 Å². The second kappa shape index (κ2) is 11.4. The number of amidine groups is 1. The highest BCUT2D eigenvalue weighted by Gasteiger charge is 2.48. The number of hydrogen-bond acceptors (Lipinski definition) is 8. The van der Waals surface area contributed by atoms with Crippen molar-refractivity contribution in [2.75, 3.05) is 19.7 Å². The Bertz CT molecular complexity index is 1270. The van der Waals surface area contributed by atoms with E-state index in [0.717, 1.165) is 6.07 Å². The number of aliphatic imine (C=N–C) groups is 1. The smallest absolute Gasteiger partial charge is 0.338 e. The average Bonchev–Trinajstić information content (AvgIpc) is 3.46. The number of hydrogen-bond donors (Lipinski definition) is 2. The summed E-state index contributed by atoms with van der Waals surface area (Å²) in [4.78, 5) is 35.0. The quantitative estimate of drug-likeness (QED) is 0.422. The van der Waals surface area contributed by atoms with Crippen LogP contribution in [0.2, 0.25) is 5.02 Å². The molecule has 2 aliphatic rings. The number of alkyl halides is 2. The van der Waals surface area contributed by atoms with E-state index in [-0.39, 0.29) is 41.7 Å². The van der Waals surface area contributed by atoms with Crippen molar-refractivity contribution in [3.05, 3.63) is 62.5 Å². The minimum Gasteiger partial charge on any atom is -0.481 e. The lowest BCUT2D eigenvalue weighted by atomic mass is 9.93. The molecule has 4 rings (SSSR count). The van der Waals surface area contributed by atoms with Gasteiger partial charge in [-0.2, -0.15) is 0 Å². The fourth-order valence-electron chi connectivity index (χ4n) is 4.83. The van der Waals surface area contributed by atoms with Crippen LogP contribution in [0.5, 0.6) is 0 Å². The molecule has 1 aromatic carbocycles. The van der Waals surface area contributed by atoms with Gasteiger partial charge in [0.05, 0.1) is 18.7 Å².